The third kappa shape index (κ3) is 58.5. The van der Waals surface area contributed by atoms with Crippen LogP contribution >= 0.6 is 24.8 Å². The molecule has 0 radical (unpaired) electrons. The summed E-state index contributed by atoms with van der Waals surface area (Å²) in [5.41, 5.74) is 0. The first-order valence-corrected chi connectivity index (χ1v) is 1.52. The van der Waals surface area contributed by atoms with E-state index in [-0.39, 0.29) is 30.3 Å². The summed E-state index contributed by atoms with van der Waals surface area (Å²) < 4.78 is 0. The topological polar surface area (TPSA) is 51.7 Å². The fourth-order valence-corrected chi connectivity index (χ4v) is 0. The zero-order valence-corrected chi connectivity index (χ0v) is 5.81. The first-order valence-electron chi connectivity index (χ1n) is 1.52. The predicted octanol–water partition coefficient (Wildman–Crippen LogP) is 0.408. The fraction of sp³-hybridized carbons (Fsp3) is 1.00. The molecule has 0 aliphatic rings. The average molecular weight is 151 g/mol. The van der Waals surface area contributed by atoms with Crippen molar-refractivity contribution in [2.45, 2.75) is 13.3 Å². The maximum Gasteiger partial charge on any atom is 0.0428 e. The second-order valence-corrected chi connectivity index (χ2v) is 0.724. The molecule has 2 nitrogen and oxygen atoms in total. The summed E-state index contributed by atoms with van der Waals surface area (Å²) in [6.07, 6.45) is 0.875. The van der Waals surface area contributed by atoms with E-state index < -0.39 is 0 Å². The maximum atomic E-state index is 7.88. The van der Waals surface area contributed by atoms with Gasteiger partial charge >= 0.3 is 0 Å². The number of rotatable bonds is 1. The summed E-state index contributed by atoms with van der Waals surface area (Å²) in [4.78, 5) is 0. The Bertz CT molecular complexity index is 12.9. The molecule has 3 N–H and O–H groups in total. The minimum Gasteiger partial charge on any atom is -0.412 e. The lowest BCUT2D eigenvalue weighted by molar-refractivity contribution is 0.295. The number of hydrogen-bond acceptors (Lipinski definition) is 1. The molecule has 7 heavy (non-hydrogen) atoms. The maximum absolute atomic E-state index is 7.88. The van der Waals surface area contributed by atoms with Crippen LogP contribution in [0.5, 0.6) is 0 Å². The molecule has 0 rings (SSSR count). The van der Waals surface area contributed by atoms with E-state index in [9.17, 15) is 0 Å². The van der Waals surface area contributed by atoms with Crippen molar-refractivity contribution < 1.29 is 10.6 Å². The lowest BCUT2D eigenvalue weighted by Gasteiger charge is -1.69. The van der Waals surface area contributed by atoms with Gasteiger partial charge in [-0.05, 0) is 6.42 Å². The molecule has 0 atom stereocenters. The third-order valence-corrected chi connectivity index (χ3v) is 0.224. The fourth-order valence-electron chi connectivity index (χ4n) is 0. The highest BCUT2D eigenvalue weighted by molar-refractivity contribution is 5.85. The van der Waals surface area contributed by atoms with Crippen LogP contribution in [0.1, 0.15) is 13.3 Å². The Morgan fingerprint density at radius 3 is 1.43 bits per heavy atom. The highest BCUT2D eigenvalue weighted by atomic mass is 35.5. The quantitative estimate of drug-likeness (QED) is 0.579. The lowest BCUT2D eigenvalue weighted by Crippen LogP contribution is -1.69. The second kappa shape index (κ2) is 31.5. The summed E-state index contributed by atoms with van der Waals surface area (Å²) in [6.45, 7) is 2.25. The van der Waals surface area contributed by atoms with Gasteiger partial charge in [-0.25, -0.2) is 0 Å². The minimum atomic E-state index is 0. The van der Waals surface area contributed by atoms with Crippen LogP contribution in [0.3, 0.4) is 0 Å². The molecular weight excluding hydrogens is 139 g/mol. The SMILES string of the molecule is CCCO.Cl.Cl.O. The van der Waals surface area contributed by atoms with Gasteiger partial charge in [0.05, 0.1) is 0 Å². The molecule has 50 valence electrons. The summed E-state index contributed by atoms with van der Waals surface area (Å²) in [6, 6.07) is 0. The van der Waals surface area contributed by atoms with Crippen LogP contribution in [-0.2, 0) is 0 Å². The van der Waals surface area contributed by atoms with Crippen molar-refractivity contribution in [3.63, 3.8) is 0 Å². The molecule has 0 aliphatic heterocycles. The summed E-state index contributed by atoms with van der Waals surface area (Å²) in [5.74, 6) is 0. The molecule has 0 aromatic rings. The van der Waals surface area contributed by atoms with E-state index in [1.54, 1.807) is 0 Å². The number of hydrogen-bond donors (Lipinski definition) is 1. The van der Waals surface area contributed by atoms with Gasteiger partial charge in [-0.3, -0.25) is 0 Å². The molecule has 0 aromatic carbocycles. The van der Waals surface area contributed by atoms with Gasteiger partial charge in [-0.15, -0.1) is 24.8 Å². The van der Waals surface area contributed by atoms with Gasteiger partial charge < -0.3 is 10.6 Å². The normalized spacial score (nSPS) is 4.29. The first kappa shape index (κ1) is 25.9. The van der Waals surface area contributed by atoms with Gasteiger partial charge in [-0.1, -0.05) is 6.92 Å². The minimum absolute atomic E-state index is 0. The zero-order chi connectivity index (χ0) is 3.41. The molecule has 0 saturated heterocycles. The van der Waals surface area contributed by atoms with Crippen LogP contribution in [0.25, 0.3) is 0 Å². The van der Waals surface area contributed by atoms with Crippen LogP contribution in [-0.4, -0.2) is 17.2 Å². The molecule has 0 bridgehead atoms. The van der Waals surface area contributed by atoms with Crippen molar-refractivity contribution in [2.75, 3.05) is 6.61 Å². The van der Waals surface area contributed by atoms with Crippen molar-refractivity contribution >= 4 is 24.8 Å². The van der Waals surface area contributed by atoms with Crippen molar-refractivity contribution in [3.8, 4) is 0 Å². The van der Waals surface area contributed by atoms with Gasteiger partial charge in [0.1, 0.15) is 0 Å². The molecule has 0 saturated carbocycles. The van der Waals surface area contributed by atoms with Crippen molar-refractivity contribution in [2.24, 2.45) is 0 Å². The molecule has 4 heteroatoms. The summed E-state index contributed by atoms with van der Waals surface area (Å²) >= 11 is 0. The lowest BCUT2D eigenvalue weighted by atomic mass is 10.5. The van der Waals surface area contributed by atoms with E-state index in [2.05, 4.69) is 0 Å². The predicted molar refractivity (Wildman–Crippen MR) is 35.5 cm³/mol. The molecule has 0 unspecified atom stereocenters. The van der Waals surface area contributed by atoms with Gasteiger partial charge in [-0.2, -0.15) is 0 Å². The van der Waals surface area contributed by atoms with Crippen molar-refractivity contribution in [1.82, 2.24) is 0 Å². The summed E-state index contributed by atoms with van der Waals surface area (Å²) in [7, 11) is 0. The van der Waals surface area contributed by atoms with Crippen LogP contribution < -0.4 is 0 Å². The summed E-state index contributed by atoms with van der Waals surface area (Å²) in [5, 5.41) is 7.88. The Hall–Kier alpha value is 0.500. The van der Waals surface area contributed by atoms with E-state index in [1.165, 1.54) is 0 Å². The monoisotopic (exact) mass is 150 g/mol. The standard InChI is InChI=1S/C3H8O.2ClH.H2O/c1-2-3-4;;;/h4H,2-3H2,1H3;2*1H;1H2. The smallest absolute Gasteiger partial charge is 0.0428 e. The van der Waals surface area contributed by atoms with Gasteiger partial charge in [0.25, 0.3) is 0 Å². The number of aliphatic hydroxyl groups is 1. The van der Waals surface area contributed by atoms with Crippen LogP contribution in [0, 0.1) is 0 Å². The molecule has 0 amide bonds. The Labute approximate surface area is 56.1 Å². The molecule has 0 fully saturated rings. The second-order valence-electron chi connectivity index (χ2n) is 0.724. The third-order valence-electron chi connectivity index (χ3n) is 0.224. The number of halogens is 2. The zero-order valence-electron chi connectivity index (χ0n) is 4.18. The molecular formula is C3H12Cl2O2. The Morgan fingerprint density at radius 2 is 1.43 bits per heavy atom. The average Bonchev–Trinajstić information content (AvgIpc) is 1.37. The Kier molecular flexibility index (Phi) is 116. The molecule has 0 aromatic heterocycles. The molecule has 0 aliphatic carbocycles. The largest absolute Gasteiger partial charge is 0.412 e. The van der Waals surface area contributed by atoms with Gasteiger partial charge in [0, 0.05) is 6.61 Å². The first-order chi connectivity index (χ1) is 1.91. The van der Waals surface area contributed by atoms with Crippen LogP contribution in [0.4, 0.5) is 0 Å². The van der Waals surface area contributed by atoms with Crippen molar-refractivity contribution in [1.29, 1.82) is 0 Å². The van der Waals surface area contributed by atoms with E-state index in [0.29, 0.717) is 6.61 Å². The van der Waals surface area contributed by atoms with E-state index in [1.807, 2.05) is 6.92 Å². The van der Waals surface area contributed by atoms with E-state index in [0.717, 1.165) is 6.42 Å². The van der Waals surface area contributed by atoms with Gasteiger partial charge in [0.15, 0.2) is 0 Å². The number of aliphatic hydroxyl groups excluding tert-OH is 1. The Morgan fingerprint density at radius 1 is 1.29 bits per heavy atom. The highest BCUT2D eigenvalue weighted by Crippen LogP contribution is 1.61. The van der Waals surface area contributed by atoms with E-state index in [4.69, 9.17) is 5.11 Å². The van der Waals surface area contributed by atoms with Crippen molar-refractivity contribution in [3.05, 3.63) is 0 Å². The van der Waals surface area contributed by atoms with Gasteiger partial charge in [0.2, 0.25) is 0 Å². The van der Waals surface area contributed by atoms with Crippen LogP contribution in [0.15, 0.2) is 0 Å². The molecule has 0 spiro atoms. The van der Waals surface area contributed by atoms with E-state index >= 15 is 0 Å². The van der Waals surface area contributed by atoms with Crippen LogP contribution in [0.2, 0.25) is 0 Å². The molecule has 0 heterocycles. The highest BCUT2D eigenvalue weighted by Gasteiger charge is 1.57. The Balaban J connectivity index is -0.0000000150.